The Bertz CT molecular complexity index is 635. The topological polar surface area (TPSA) is 30.5 Å². The number of nitrogens with one attached hydrogen (secondary N) is 1. The largest absolute Gasteiger partial charge is 0.489 e. The molecule has 0 bridgehead atoms. The number of benzene rings is 2. The zero-order valence-corrected chi connectivity index (χ0v) is 15.4. The minimum Gasteiger partial charge on any atom is -0.489 e. The summed E-state index contributed by atoms with van der Waals surface area (Å²) in [6.45, 7) is 5.80. The Morgan fingerprint density at radius 1 is 1.00 bits per heavy atom. The molecule has 5 heteroatoms. The summed E-state index contributed by atoms with van der Waals surface area (Å²) in [5.74, 6) is 0.842. The highest BCUT2D eigenvalue weighted by atomic mass is 35.5. The van der Waals surface area contributed by atoms with Crippen LogP contribution in [0.4, 0.5) is 0 Å². The summed E-state index contributed by atoms with van der Waals surface area (Å²) in [6, 6.07) is 13.6. The van der Waals surface area contributed by atoms with Crippen LogP contribution >= 0.6 is 23.2 Å². The monoisotopic (exact) mass is 367 g/mol. The predicted molar refractivity (Wildman–Crippen MR) is 100 cm³/mol. The van der Waals surface area contributed by atoms with Gasteiger partial charge in [0.05, 0.1) is 10.0 Å². The first-order chi connectivity index (χ1) is 11.7. The maximum atomic E-state index is 6.02. The van der Waals surface area contributed by atoms with Crippen molar-refractivity contribution in [2.24, 2.45) is 0 Å². The Balaban J connectivity index is 1.78. The van der Waals surface area contributed by atoms with E-state index in [9.17, 15) is 0 Å². The zero-order chi connectivity index (χ0) is 17.2. The molecule has 0 fully saturated rings. The van der Waals surface area contributed by atoms with E-state index in [4.69, 9.17) is 32.7 Å². The van der Waals surface area contributed by atoms with E-state index in [0.717, 1.165) is 44.0 Å². The minimum atomic E-state index is 0.460. The van der Waals surface area contributed by atoms with E-state index in [1.807, 2.05) is 37.3 Å². The van der Waals surface area contributed by atoms with Gasteiger partial charge in [0.25, 0.3) is 0 Å². The number of rotatable bonds is 10. The third-order valence-electron chi connectivity index (χ3n) is 3.46. The molecule has 0 aliphatic rings. The van der Waals surface area contributed by atoms with Crippen molar-refractivity contribution >= 4 is 23.2 Å². The molecule has 0 aliphatic heterocycles. The van der Waals surface area contributed by atoms with E-state index < -0.39 is 0 Å². The van der Waals surface area contributed by atoms with Crippen LogP contribution in [0.5, 0.6) is 5.75 Å². The third-order valence-corrected chi connectivity index (χ3v) is 4.20. The van der Waals surface area contributed by atoms with Crippen LogP contribution in [-0.2, 0) is 17.9 Å². The average molecular weight is 368 g/mol. The second-order valence-corrected chi connectivity index (χ2v) is 6.23. The van der Waals surface area contributed by atoms with Crippen molar-refractivity contribution in [2.75, 3.05) is 19.8 Å². The molecule has 2 aromatic carbocycles. The number of hydrogen-bond donors (Lipinski definition) is 1. The first kappa shape index (κ1) is 19.1. The standard InChI is InChI=1S/C19H23Cl2NO2/c1-2-23-10-4-9-22-13-15-5-3-6-17(11-15)24-14-16-7-8-18(20)19(21)12-16/h3,5-8,11-12,22H,2,4,9-10,13-14H2,1H3. The van der Waals surface area contributed by atoms with Gasteiger partial charge in [-0.05, 0) is 55.3 Å². The van der Waals surface area contributed by atoms with Gasteiger partial charge in [-0.1, -0.05) is 41.4 Å². The molecule has 0 unspecified atom stereocenters. The lowest BCUT2D eigenvalue weighted by atomic mass is 10.2. The molecule has 0 heterocycles. The summed E-state index contributed by atoms with van der Waals surface area (Å²) < 4.78 is 11.2. The highest BCUT2D eigenvalue weighted by molar-refractivity contribution is 6.42. The van der Waals surface area contributed by atoms with Crippen molar-refractivity contribution in [3.63, 3.8) is 0 Å². The van der Waals surface area contributed by atoms with Crippen LogP contribution in [0.2, 0.25) is 10.0 Å². The van der Waals surface area contributed by atoms with Crippen molar-refractivity contribution in [1.29, 1.82) is 0 Å². The van der Waals surface area contributed by atoms with Crippen molar-refractivity contribution in [2.45, 2.75) is 26.5 Å². The predicted octanol–water partition coefficient (Wildman–Crippen LogP) is 5.09. The van der Waals surface area contributed by atoms with Crippen molar-refractivity contribution in [3.8, 4) is 5.75 Å². The molecule has 0 spiro atoms. The van der Waals surface area contributed by atoms with Gasteiger partial charge < -0.3 is 14.8 Å². The first-order valence-corrected chi connectivity index (χ1v) is 8.88. The first-order valence-electron chi connectivity index (χ1n) is 8.13. The molecular weight excluding hydrogens is 345 g/mol. The van der Waals surface area contributed by atoms with Gasteiger partial charge in [-0.15, -0.1) is 0 Å². The lowest BCUT2D eigenvalue weighted by Gasteiger charge is -2.10. The fraction of sp³-hybridized carbons (Fsp3) is 0.368. The normalized spacial score (nSPS) is 10.8. The second kappa shape index (κ2) is 10.6. The molecule has 24 heavy (non-hydrogen) atoms. The second-order valence-electron chi connectivity index (χ2n) is 5.41. The molecule has 3 nitrogen and oxygen atoms in total. The van der Waals surface area contributed by atoms with E-state index >= 15 is 0 Å². The molecule has 2 aromatic rings. The smallest absolute Gasteiger partial charge is 0.120 e. The molecule has 0 saturated heterocycles. The molecular formula is C19H23Cl2NO2. The van der Waals surface area contributed by atoms with Crippen LogP contribution in [0, 0.1) is 0 Å². The third kappa shape index (κ3) is 6.70. The van der Waals surface area contributed by atoms with Crippen LogP contribution < -0.4 is 10.1 Å². The van der Waals surface area contributed by atoms with Gasteiger partial charge in [0.15, 0.2) is 0 Å². The number of halogens is 2. The van der Waals surface area contributed by atoms with Crippen LogP contribution in [-0.4, -0.2) is 19.8 Å². The van der Waals surface area contributed by atoms with Gasteiger partial charge in [-0.2, -0.15) is 0 Å². The lowest BCUT2D eigenvalue weighted by Crippen LogP contribution is -2.16. The average Bonchev–Trinajstić information content (AvgIpc) is 2.59. The van der Waals surface area contributed by atoms with Crippen LogP contribution in [0.1, 0.15) is 24.5 Å². The summed E-state index contributed by atoms with van der Waals surface area (Å²) in [5, 5.41) is 4.51. The molecule has 0 aliphatic carbocycles. The van der Waals surface area contributed by atoms with E-state index in [-0.39, 0.29) is 0 Å². The van der Waals surface area contributed by atoms with Crippen molar-refractivity contribution < 1.29 is 9.47 Å². The van der Waals surface area contributed by atoms with Gasteiger partial charge in [-0.25, -0.2) is 0 Å². The van der Waals surface area contributed by atoms with Crippen LogP contribution in [0.3, 0.4) is 0 Å². The molecule has 0 saturated carbocycles. The van der Waals surface area contributed by atoms with Crippen LogP contribution in [0.25, 0.3) is 0 Å². The molecule has 0 amide bonds. The quantitative estimate of drug-likeness (QED) is 0.593. The number of hydrogen-bond acceptors (Lipinski definition) is 3. The van der Waals surface area contributed by atoms with Crippen molar-refractivity contribution in [3.05, 3.63) is 63.6 Å². The van der Waals surface area contributed by atoms with Gasteiger partial charge in [-0.3, -0.25) is 0 Å². The van der Waals surface area contributed by atoms with Gasteiger partial charge in [0.1, 0.15) is 12.4 Å². The van der Waals surface area contributed by atoms with Gasteiger partial charge in [0.2, 0.25) is 0 Å². The van der Waals surface area contributed by atoms with Crippen LogP contribution in [0.15, 0.2) is 42.5 Å². The Labute approximate surface area is 153 Å². The maximum absolute atomic E-state index is 6.02. The fourth-order valence-electron chi connectivity index (χ4n) is 2.22. The molecule has 0 atom stereocenters. The highest BCUT2D eigenvalue weighted by Crippen LogP contribution is 2.23. The zero-order valence-electron chi connectivity index (χ0n) is 13.9. The maximum Gasteiger partial charge on any atom is 0.120 e. The van der Waals surface area contributed by atoms with Gasteiger partial charge in [0, 0.05) is 19.8 Å². The highest BCUT2D eigenvalue weighted by Gasteiger charge is 2.02. The van der Waals surface area contributed by atoms with E-state index in [2.05, 4.69) is 11.4 Å². The summed E-state index contributed by atoms with van der Waals surface area (Å²) >= 11 is 11.9. The fourth-order valence-corrected chi connectivity index (χ4v) is 2.54. The number of ether oxygens (including phenoxy) is 2. The summed E-state index contributed by atoms with van der Waals surface area (Å²) in [4.78, 5) is 0. The molecule has 1 N–H and O–H groups in total. The Morgan fingerprint density at radius 3 is 2.67 bits per heavy atom. The SMILES string of the molecule is CCOCCCNCc1cccc(OCc2ccc(Cl)c(Cl)c2)c1. The van der Waals surface area contributed by atoms with E-state index in [1.54, 1.807) is 6.07 Å². The summed E-state index contributed by atoms with van der Waals surface area (Å²) in [6.07, 6.45) is 1.02. The Kier molecular flexibility index (Phi) is 8.40. The molecule has 2 rings (SSSR count). The molecule has 130 valence electrons. The van der Waals surface area contributed by atoms with E-state index in [0.29, 0.717) is 16.7 Å². The van der Waals surface area contributed by atoms with E-state index in [1.165, 1.54) is 5.56 Å². The van der Waals surface area contributed by atoms with Crippen molar-refractivity contribution in [1.82, 2.24) is 5.32 Å². The summed E-state index contributed by atoms with van der Waals surface area (Å²) in [5.41, 5.74) is 2.18. The summed E-state index contributed by atoms with van der Waals surface area (Å²) in [7, 11) is 0. The minimum absolute atomic E-state index is 0.460. The van der Waals surface area contributed by atoms with Gasteiger partial charge >= 0.3 is 0 Å². The molecule has 0 radical (unpaired) electrons. The lowest BCUT2D eigenvalue weighted by molar-refractivity contribution is 0.144. The Morgan fingerprint density at radius 2 is 1.88 bits per heavy atom. The molecule has 0 aromatic heterocycles. The Hall–Kier alpha value is -1.26.